The molecule has 0 bridgehead atoms. The number of thioether (sulfide) groups is 1. The lowest BCUT2D eigenvalue weighted by molar-refractivity contribution is -0.384. The Kier molecular flexibility index (Phi) is 7.41. The van der Waals surface area contributed by atoms with Gasteiger partial charge >= 0.3 is 0 Å². The average molecular weight is 445 g/mol. The molecule has 0 aliphatic carbocycles. The van der Waals surface area contributed by atoms with Gasteiger partial charge in [0.05, 0.1) is 15.1 Å². The quantitative estimate of drug-likeness (QED) is 0.265. The molecule has 0 aliphatic heterocycles. The fourth-order valence-corrected chi connectivity index (χ4v) is 4.52. The second-order valence-electron chi connectivity index (χ2n) is 6.62. The normalized spacial score (nSPS) is 11.2. The summed E-state index contributed by atoms with van der Waals surface area (Å²) in [5, 5.41) is 11.6. The summed E-state index contributed by atoms with van der Waals surface area (Å²) in [7, 11) is 0. The Balaban J connectivity index is 1.96. The highest BCUT2D eigenvalue weighted by Crippen LogP contribution is 2.32. The Labute approximate surface area is 183 Å². The van der Waals surface area contributed by atoms with Crippen molar-refractivity contribution in [2.45, 2.75) is 18.7 Å². The van der Waals surface area contributed by atoms with E-state index in [1.807, 2.05) is 30.5 Å². The molecule has 3 aromatic rings. The molecule has 0 atom stereocenters. The number of anilines is 1. The summed E-state index contributed by atoms with van der Waals surface area (Å²) in [5.74, 6) is -0.122. The van der Waals surface area contributed by atoms with Crippen molar-refractivity contribution in [3.05, 3.63) is 58.1 Å². The number of hydrogen-bond donors (Lipinski definition) is 0. The Morgan fingerprint density at radius 1 is 1.13 bits per heavy atom. The van der Waals surface area contributed by atoms with Gasteiger partial charge in [-0.15, -0.1) is 11.8 Å². The molecule has 7 nitrogen and oxygen atoms in total. The van der Waals surface area contributed by atoms with Crippen molar-refractivity contribution in [2.75, 3.05) is 37.3 Å². The van der Waals surface area contributed by atoms with Gasteiger partial charge in [0.2, 0.25) is 0 Å². The fraction of sp³-hybridized carbons (Fsp3) is 0.333. The minimum atomic E-state index is -0.421. The van der Waals surface area contributed by atoms with Gasteiger partial charge in [0.1, 0.15) is 0 Å². The molecule has 0 aliphatic rings. The van der Waals surface area contributed by atoms with Crippen LogP contribution in [0.25, 0.3) is 10.2 Å². The Morgan fingerprint density at radius 2 is 1.83 bits per heavy atom. The summed E-state index contributed by atoms with van der Waals surface area (Å²) in [6.07, 6.45) is 1.99. The van der Waals surface area contributed by atoms with Crippen LogP contribution in [0.5, 0.6) is 0 Å². The number of thiazole rings is 1. The van der Waals surface area contributed by atoms with E-state index in [4.69, 9.17) is 0 Å². The number of carbonyl (C=O) groups is 1. The standard InChI is InChI=1S/C21H24N4O3S2/c1-4-23(5-2)12-13-24(20(26)15-6-9-17(29-3)10-7-15)21-22-18-11-8-16(25(27)28)14-19(18)30-21/h6-11,14H,4-5,12-13H2,1-3H3. The number of rotatable bonds is 9. The van der Waals surface area contributed by atoms with E-state index < -0.39 is 4.92 Å². The highest BCUT2D eigenvalue weighted by atomic mass is 32.2. The van der Waals surface area contributed by atoms with Gasteiger partial charge in [-0.25, -0.2) is 4.98 Å². The predicted octanol–water partition coefficient (Wildman–Crippen LogP) is 4.92. The third-order valence-corrected chi connectivity index (χ3v) is 6.70. The molecule has 0 N–H and O–H groups in total. The van der Waals surface area contributed by atoms with Crippen LogP contribution in [-0.2, 0) is 0 Å². The molecule has 1 aromatic heterocycles. The fourth-order valence-electron chi connectivity index (χ4n) is 3.08. The van der Waals surface area contributed by atoms with Crippen molar-refractivity contribution in [3.63, 3.8) is 0 Å². The molecule has 0 spiro atoms. The van der Waals surface area contributed by atoms with Gasteiger partial charge in [-0.1, -0.05) is 25.2 Å². The number of benzene rings is 2. The van der Waals surface area contributed by atoms with Crippen LogP contribution in [0.1, 0.15) is 24.2 Å². The van der Waals surface area contributed by atoms with Crippen LogP contribution >= 0.6 is 23.1 Å². The lowest BCUT2D eigenvalue weighted by atomic mass is 10.2. The maximum absolute atomic E-state index is 13.3. The predicted molar refractivity (Wildman–Crippen MR) is 124 cm³/mol. The first-order valence-corrected chi connectivity index (χ1v) is 11.7. The van der Waals surface area contributed by atoms with Crippen molar-refractivity contribution in [2.24, 2.45) is 0 Å². The SMILES string of the molecule is CCN(CC)CCN(C(=O)c1ccc(SC)cc1)c1nc2ccc([N+](=O)[O-])cc2s1. The van der Waals surface area contributed by atoms with Gasteiger partial charge in [0.25, 0.3) is 11.6 Å². The molecule has 30 heavy (non-hydrogen) atoms. The molecule has 9 heteroatoms. The van der Waals surface area contributed by atoms with E-state index in [1.54, 1.807) is 22.7 Å². The van der Waals surface area contributed by atoms with Crippen LogP contribution in [-0.4, -0.2) is 53.1 Å². The van der Waals surface area contributed by atoms with E-state index >= 15 is 0 Å². The highest BCUT2D eigenvalue weighted by Gasteiger charge is 2.22. The van der Waals surface area contributed by atoms with Crippen LogP contribution in [0.15, 0.2) is 47.4 Å². The molecule has 0 radical (unpaired) electrons. The number of fused-ring (bicyclic) bond motifs is 1. The van der Waals surface area contributed by atoms with Crippen molar-refractivity contribution in [3.8, 4) is 0 Å². The number of carbonyl (C=O) groups excluding carboxylic acids is 1. The number of non-ortho nitro benzene ring substituents is 1. The molecule has 0 fully saturated rings. The van der Waals surface area contributed by atoms with Crippen LogP contribution < -0.4 is 4.90 Å². The maximum Gasteiger partial charge on any atom is 0.270 e. The van der Waals surface area contributed by atoms with E-state index in [2.05, 4.69) is 23.7 Å². The summed E-state index contributed by atoms with van der Waals surface area (Å²) < 4.78 is 0.692. The molecule has 3 rings (SSSR count). The molecular formula is C21H24N4O3S2. The van der Waals surface area contributed by atoms with Gasteiger partial charge < -0.3 is 4.90 Å². The van der Waals surface area contributed by atoms with E-state index in [0.717, 1.165) is 24.5 Å². The zero-order chi connectivity index (χ0) is 21.7. The number of nitro benzene ring substituents is 1. The first kappa shape index (κ1) is 22.2. The number of nitro groups is 1. The topological polar surface area (TPSA) is 79.6 Å². The lowest BCUT2D eigenvalue weighted by Gasteiger charge is -2.24. The van der Waals surface area contributed by atoms with Gasteiger partial charge in [-0.3, -0.25) is 19.8 Å². The molecule has 0 unspecified atom stereocenters. The van der Waals surface area contributed by atoms with Crippen molar-refractivity contribution >= 4 is 50.0 Å². The number of likely N-dealkylation sites (N-methyl/N-ethyl adjacent to an activating group) is 1. The monoisotopic (exact) mass is 444 g/mol. The summed E-state index contributed by atoms with van der Waals surface area (Å²) in [5.41, 5.74) is 1.27. The molecule has 2 aromatic carbocycles. The van der Waals surface area contributed by atoms with E-state index in [9.17, 15) is 14.9 Å². The van der Waals surface area contributed by atoms with Crippen LogP contribution in [0.4, 0.5) is 10.8 Å². The van der Waals surface area contributed by atoms with E-state index in [-0.39, 0.29) is 11.6 Å². The molecule has 0 saturated heterocycles. The Bertz CT molecular complexity index is 1030. The third-order valence-electron chi connectivity index (χ3n) is 4.92. The van der Waals surface area contributed by atoms with Gasteiger partial charge in [-0.2, -0.15) is 0 Å². The van der Waals surface area contributed by atoms with E-state index in [0.29, 0.717) is 27.5 Å². The van der Waals surface area contributed by atoms with Crippen molar-refractivity contribution in [1.82, 2.24) is 9.88 Å². The second-order valence-corrected chi connectivity index (χ2v) is 8.51. The summed E-state index contributed by atoms with van der Waals surface area (Å²) in [4.78, 5) is 33.6. The van der Waals surface area contributed by atoms with Crippen LogP contribution in [0.3, 0.4) is 0 Å². The average Bonchev–Trinajstić information content (AvgIpc) is 3.19. The smallest absolute Gasteiger partial charge is 0.270 e. The van der Waals surface area contributed by atoms with Crippen molar-refractivity contribution < 1.29 is 9.72 Å². The Hall–Kier alpha value is -2.49. The van der Waals surface area contributed by atoms with Gasteiger partial charge in [-0.05, 0) is 49.7 Å². The summed E-state index contributed by atoms with van der Waals surface area (Å²) in [6, 6.07) is 12.1. The van der Waals surface area contributed by atoms with Crippen LogP contribution in [0.2, 0.25) is 0 Å². The second kappa shape index (κ2) is 10.0. The first-order chi connectivity index (χ1) is 14.5. The zero-order valence-electron chi connectivity index (χ0n) is 17.2. The molecule has 1 amide bonds. The number of hydrogen-bond acceptors (Lipinski definition) is 7. The number of amides is 1. The zero-order valence-corrected chi connectivity index (χ0v) is 18.8. The summed E-state index contributed by atoms with van der Waals surface area (Å²) >= 11 is 2.93. The van der Waals surface area contributed by atoms with Gasteiger partial charge in [0.15, 0.2) is 5.13 Å². The van der Waals surface area contributed by atoms with Gasteiger partial charge in [0, 0.05) is 35.7 Å². The van der Waals surface area contributed by atoms with E-state index in [1.165, 1.54) is 23.5 Å². The van der Waals surface area contributed by atoms with Crippen LogP contribution in [0, 0.1) is 10.1 Å². The minimum Gasteiger partial charge on any atom is -0.302 e. The lowest BCUT2D eigenvalue weighted by Crippen LogP contribution is -2.38. The Morgan fingerprint density at radius 3 is 2.43 bits per heavy atom. The number of aromatic nitrogens is 1. The maximum atomic E-state index is 13.3. The third kappa shape index (κ3) is 4.97. The number of nitrogens with zero attached hydrogens (tertiary/aromatic N) is 4. The molecule has 1 heterocycles. The molecule has 158 valence electrons. The summed E-state index contributed by atoms with van der Waals surface area (Å²) in [6.45, 7) is 7.19. The minimum absolute atomic E-state index is 0.0198. The molecule has 0 saturated carbocycles. The molecular weight excluding hydrogens is 420 g/mol. The van der Waals surface area contributed by atoms with Crippen molar-refractivity contribution in [1.29, 1.82) is 0 Å². The largest absolute Gasteiger partial charge is 0.302 e. The highest BCUT2D eigenvalue weighted by molar-refractivity contribution is 7.98. The first-order valence-electron chi connectivity index (χ1n) is 9.70.